The van der Waals surface area contributed by atoms with E-state index < -0.39 is 5.72 Å². The van der Waals surface area contributed by atoms with E-state index in [9.17, 15) is 4.79 Å². The lowest BCUT2D eigenvalue weighted by atomic mass is 9.93. The average molecular weight is 338 g/mol. The van der Waals surface area contributed by atoms with E-state index in [4.69, 9.17) is 4.74 Å². The topological polar surface area (TPSA) is 41.9 Å². The van der Waals surface area contributed by atoms with E-state index in [1.165, 1.54) is 17.5 Å². The van der Waals surface area contributed by atoms with Crippen molar-refractivity contribution in [3.8, 4) is 0 Å². The smallest absolute Gasteiger partial charge is 0.243 e. The van der Waals surface area contributed by atoms with Gasteiger partial charge < -0.3 is 4.74 Å². The largest absolute Gasteiger partial charge is 0.447 e. The Hall–Kier alpha value is -2.27. The van der Waals surface area contributed by atoms with E-state index in [0.29, 0.717) is 12.3 Å². The summed E-state index contributed by atoms with van der Waals surface area (Å²) in [5.41, 5.74) is 1.39. The van der Waals surface area contributed by atoms with Crippen LogP contribution in [-0.4, -0.2) is 16.8 Å². The van der Waals surface area contributed by atoms with Crippen molar-refractivity contribution in [3.63, 3.8) is 0 Å². The molecule has 2 heterocycles. The molecule has 0 fully saturated rings. The quantitative estimate of drug-likeness (QED) is 0.779. The Morgan fingerprint density at radius 3 is 2.67 bits per heavy atom. The molecule has 4 nitrogen and oxygen atoms in total. The molecule has 5 heteroatoms. The van der Waals surface area contributed by atoms with Gasteiger partial charge in [0, 0.05) is 36.0 Å². The Morgan fingerprint density at radius 1 is 1.21 bits per heavy atom. The number of hydrazone groups is 1. The molecular weight excluding hydrogens is 320 g/mol. The van der Waals surface area contributed by atoms with Gasteiger partial charge in [-0.05, 0) is 11.6 Å². The summed E-state index contributed by atoms with van der Waals surface area (Å²) in [5.74, 6) is 0.416. The summed E-state index contributed by atoms with van der Waals surface area (Å²) >= 11 is 1.82. The minimum Gasteiger partial charge on any atom is -0.447 e. The van der Waals surface area contributed by atoms with Crippen LogP contribution >= 0.6 is 11.8 Å². The normalized spacial score (nSPS) is 25.2. The fraction of sp³-hybridized carbons (Fsp3) is 0.263. The van der Waals surface area contributed by atoms with E-state index >= 15 is 0 Å². The first kappa shape index (κ1) is 15.3. The van der Waals surface area contributed by atoms with Crippen LogP contribution in [0.25, 0.3) is 0 Å². The number of nitrogens with zero attached hydrogens (tertiary/aromatic N) is 2. The van der Waals surface area contributed by atoms with Crippen molar-refractivity contribution >= 4 is 23.6 Å². The van der Waals surface area contributed by atoms with Crippen LogP contribution in [0, 0.1) is 0 Å². The van der Waals surface area contributed by atoms with Crippen LogP contribution in [0.5, 0.6) is 0 Å². The molecule has 0 aliphatic carbocycles. The van der Waals surface area contributed by atoms with Crippen LogP contribution < -0.4 is 0 Å². The fourth-order valence-electron chi connectivity index (χ4n) is 3.45. The number of rotatable bonds is 1. The van der Waals surface area contributed by atoms with Crippen LogP contribution in [0.1, 0.15) is 36.6 Å². The highest BCUT2D eigenvalue weighted by atomic mass is 32.2. The Balaban J connectivity index is 1.85. The van der Waals surface area contributed by atoms with Gasteiger partial charge in [-0.3, -0.25) is 4.79 Å². The fourth-order valence-corrected chi connectivity index (χ4v) is 4.87. The van der Waals surface area contributed by atoms with Gasteiger partial charge >= 0.3 is 0 Å². The molecule has 1 spiro atoms. The predicted octanol–water partition coefficient (Wildman–Crippen LogP) is 4.29. The number of hydrogen-bond donors (Lipinski definition) is 0. The number of carbonyl (C=O) groups is 1. The number of carbonyl (C=O) groups excluding carboxylic acids is 1. The Morgan fingerprint density at radius 2 is 1.92 bits per heavy atom. The summed E-state index contributed by atoms with van der Waals surface area (Å²) in [5, 5.41) is 6.07. The first-order chi connectivity index (χ1) is 11.6. The zero-order chi connectivity index (χ0) is 16.7. The molecule has 0 radical (unpaired) electrons. The SMILES string of the molecule is CC(=O)N1N=C(C)O[C@@]12C[C@@H](c1ccccc1)Sc1ccccc12. The molecule has 0 unspecified atom stereocenters. The van der Waals surface area contributed by atoms with Crippen molar-refractivity contribution in [1.29, 1.82) is 0 Å². The van der Waals surface area contributed by atoms with Crippen molar-refractivity contribution in [3.05, 3.63) is 65.7 Å². The maximum atomic E-state index is 12.3. The van der Waals surface area contributed by atoms with Crippen molar-refractivity contribution in [1.82, 2.24) is 5.01 Å². The second-order valence-electron chi connectivity index (χ2n) is 6.05. The molecule has 0 N–H and O–H groups in total. The molecule has 122 valence electrons. The average Bonchev–Trinajstić information content (AvgIpc) is 2.92. The van der Waals surface area contributed by atoms with Gasteiger partial charge in [-0.15, -0.1) is 16.9 Å². The number of benzene rings is 2. The summed E-state index contributed by atoms with van der Waals surface area (Å²) in [6.45, 7) is 3.33. The van der Waals surface area contributed by atoms with Gasteiger partial charge in [-0.25, -0.2) is 0 Å². The van der Waals surface area contributed by atoms with Crippen LogP contribution in [0.3, 0.4) is 0 Å². The number of fused-ring (bicyclic) bond motifs is 2. The standard InChI is InChI=1S/C19H18N2O2S/c1-13-20-21(14(2)22)19(23-13)12-18(15-8-4-3-5-9-15)24-17-11-7-6-10-16(17)19/h3-11,18H,12H2,1-2H3/t18-,19+/m0/s1. The molecule has 4 rings (SSSR count). The molecule has 2 atom stereocenters. The second-order valence-corrected chi connectivity index (χ2v) is 7.30. The summed E-state index contributed by atoms with van der Waals surface area (Å²) in [6.07, 6.45) is 0.666. The Bertz CT molecular complexity index is 821. The van der Waals surface area contributed by atoms with Crippen LogP contribution in [-0.2, 0) is 15.3 Å². The minimum absolute atomic E-state index is 0.111. The molecule has 2 aliphatic rings. The lowest BCUT2D eigenvalue weighted by Crippen LogP contribution is -2.46. The number of thioether (sulfide) groups is 1. The molecule has 2 aromatic rings. The van der Waals surface area contributed by atoms with Gasteiger partial charge in [0.25, 0.3) is 0 Å². The summed E-state index contributed by atoms with van der Waals surface area (Å²) in [6, 6.07) is 18.5. The summed E-state index contributed by atoms with van der Waals surface area (Å²) in [4.78, 5) is 13.4. The van der Waals surface area contributed by atoms with Crippen LogP contribution in [0.2, 0.25) is 0 Å². The molecule has 0 aromatic heterocycles. The monoisotopic (exact) mass is 338 g/mol. The molecule has 0 saturated heterocycles. The summed E-state index contributed by atoms with van der Waals surface area (Å²) in [7, 11) is 0. The maximum absolute atomic E-state index is 12.3. The summed E-state index contributed by atoms with van der Waals surface area (Å²) < 4.78 is 6.18. The zero-order valence-electron chi connectivity index (χ0n) is 13.6. The van der Waals surface area contributed by atoms with Gasteiger partial charge in [0.2, 0.25) is 17.5 Å². The number of amides is 1. The molecular formula is C19H18N2O2S. The maximum Gasteiger partial charge on any atom is 0.243 e. The van der Waals surface area contributed by atoms with E-state index in [0.717, 1.165) is 10.5 Å². The first-order valence-electron chi connectivity index (χ1n) is 7.96. The predicted molar refractivity (Wildman–Crippen MR) is 94.5 cm³/mol. The highest BCUT2D eigenvalue weighted by molar-refractivity contribution is 7.99. The van der Waals surface area contributed by atoms with E-state index in [-0.39, 0.29) is 11.2 Å². The third kappa shape index (κ3) is 2.31. The third-order valence-corrected chi connectivity index (χ3v) is 5.74. The molecule has 0 saturated carbocycles. The van der Waals surface area contributed by atoms with Crippen LogP contribution in [0.4, 0.5) is 0 Å². The van der Waals surface area contributed by atoms with Crippen molar-refractivity contribution in [2.75, 3.05) is 0 Å². The molecule has 1 amide bonds. The first-order valence-corrected chi connectivity index (χ1v) is 8.84. The van der Waals surface area contributed by atoms with Gasteiger partial charge in [-0.2, -0.15) is 5.01 Å². The highest BCUT2D eigenvalue weighted by Crippen LogP contribution is 2.55. The lowest BCUT2D eigenvalue weighted by Gasteiger charge is -2.41. The second kappa shape index (κ2) is 5.67. The van der Waals surface area contributed by atoms with E-state index in [1.54, 1.807) is 6.92 Å². The van der Waals surface area contributed by atoms with Crippen molar-refractivity contribution < 1.29 is 9.53 Å². The Kier molecular flexibility index (Phi) is 3.61. The van der Waals surface area contributed by atoms with Crippen molar-refractivity contribution in [2.45, 2.75) is 36.1 Å². The number of ether oxygens (including phenoxy) is 1. The third-order valence-electron chi connectivity index (χ3n) is 4.41. The van der Waals surface area contributed by atoms with Gasteiger partial charge in [-0.1, -0.05) is 48.5 Å². The van der Waals surface area contributed by atoms with Gasteiger partial charge in [0.15, 0.2) is 0 Å². The van der Waals surface area contributed by atoms with E-state index in [2.05, 4.69) is 23.3 Å². The van der Waals surface area contributed by atoms with Gasteiger partial charge in [0.05, 0.1) is 0 Å². The van der Waals surface area contributed by atoms with Crippen LogP contribution in [0.15, 0.2) is 64.6 Å². The molecule has 24 heavy (non-hydrogen) atoms. The molecule has 0 bridgehead atoms. The van der Waals surface area contributed by atoms with E-state index in [1.807, 2.05) is 48.2 Å². The lowest BCUT2D eigenvalue weighted by molar-refractivity contribution is -0.151. The highest BCUT2D eigenvalue weighted by Gasteiger charge is 2.53. The minimum atomic E-state index is -0.849. The van der Waals surface area contributed by atoms with Gasteiger partial charge in [0.1, 0.15) is 0 Å². The molecule has 2 aromatic carbocycles. The number of hydrogen-bond acceptors (Lipinski definition) is 4. The van der Waals surface area contributed by atoms with Crippen molar-refractivity contribution in [2.24, 2.45) is 5.10 Å². The zero-order valence-corrected chi connectivity index (χ0v) is 14.4. The Labute approximate surface area is 145 Å². The molecule has 2 aliphatic heterocycles.